The van der Waals surface area contributed by atoms with Gasteiger partial charge in [0.1, 0.15) is 5.82 Å². The lowest BCUT2D eigenvalue weighted by Crippen LogP contribution is -2.41. The van der Waals surface area contributed by atoms with Gasteiger partial charge in [0.2, 0.25) is 0 Å². The number of nitrogens with one attached hydrogen (secondary N) is 1. The van der Waals surface area contributed by atoms with Crippen molar-refractivity contribution in [2.75, 3.05) is 0 Å². The van der Waals surface area contributed by atoms with Crippen molar-refractivity contribution in [1.82, 2.24) is 14.9 Å². The Morgan fingerprint density at radius 1 is 1.20 bits per heavy atom. The van der Waals surface area contributed by atoms with E-state index in [4.69, 9.17) is 14.3 Å². The number of hydrogen-bond acceptors (Lipinski definition) is 4. The van der Waals surface area contributed by atoms with Crippen LogP contribution in [0.4, 0.5) is 4.79 Å². The van der Waals surface area contributed by atoms with E-state index in [1.165, 1.54) is 6.42 Å². The quantitative estimate of drug-likeness (QED) is 0.734. The summed E-state index contributed by atoms with van der Waals surface area (Å²) in [6, 6.07) is 5.88. The lowest BCUT2D eigenvalue weighted by Gasteiger charge is -2.32. The molecule has 3 atom stereocenters. The van der Waals surface area contributed by atoms with E-state index >= 15 is 0 Å². The Morgan fingerprint density at radius 2 is 1.90 bits per heavy atom. The van der Waals surface area contributed by atoms with E-state index in [0.29, 0.717) is 5.92 Å². The highest BCUT2D eigenvalue weighted by molar-refractivity contribution is 6.62. The molecule has 5 rings (SSSR count). The summed E-state index contributed by atoms with van der Waals surface area (Å²) in [6.45, 7) is 8.17. The molecule has 0 bridgehead atoms. The Bertz CT molecular complexity index is 972. The van der Waals surface area contributed by atoms with E-state index in [1.54, 1.807) is 4.90 Å². The van der Waals surface area contributed by atoms with Crippen LogP contribution in [0.2, 0.25) is 0 Å². The molecular weight excluding hydrogens is 381 g/mol. The molecule has 3 aliphatic rings. The number of carbonyl (C=O) groups is 1. The van der Waals surface area contributed by atoms with Gasteiger partial charge in [0.25, 0.3) is 0 Å². The summed E-state index contributed by atoms with van der Waals surface area (Å²) in [7, 11) is -0.434. The molecule has 3 fully saturated rings. The maximum absolute atomic E-state index is 12.1. The average molecular weight is 411 g/mol. The Kier molecular flexibility index (Phi) is 4.45. The standard InChI is InChI=1S/C22H30BN3O4/c1-21(2)22(3,4)30-23(29-21)14-9-10-15-16(12-14)25-19(24-15)18-11-13-7-5-6-8-17(13)26(18)20(27)28/h9-10,12-13,17-18H,5-8,11H2,1-4H3,(H,24,25)(H,27,28)/t13-,17-,18-/m0/s1. The molecule has 0 spiro atoms. The normalized spacial score (nSPS) is 30.1. The molecular formula is C22H30BN3O4. The van der Waals surface area contributed by atoms with Crippen molar-refractivity contribution in [3.63, 3.8) is 0 Å². The van der Waals surface area contributed by atoms with Crippen molar-refractivity contribution < 1.29 is 19.2 Å². The van der Waals surface area contributed by atoms with Crippen LogP contribution in [-0.2, 0) is 9.31 Å². The molecule has 1 aromatic carbocycles. The van der Waals surface area contributed by atoms with E-state index < -0.39 is 24.4 Å². The van der Waals surface area contributed by atoms with Crippen LogP contribution in [0.1, 0.15) is 71.7 Å². The van der Waals surface area contributed by atoms with Crippen LogP contribution in [0.25, 0.3) is 11.0 Å². The van der Waals surface area contributed by atoms with Crippen LogP contribution >= 0.6 is 0 Å². The number of H-pyrrole nitrogens is 1. The van der Waals surface area contributed by atoms with Crippen LogP contribution in [-0.4, -0.2) is 50.4 Å². The van der Waals surface area contributed by atoms with Gasteiger partial charge in [-0.25, -0.2) is 9.78 Å². The molecule has 30 heavy (non-hydrogen) atoms. The second-order valence-corrected chi connectivity index (χ2v) is 10.0. The zero-order valence-corrected chi connectivity index (χ0v) is 18.1. The first-order valence-corrected chi connectivity index (χ1v) is 11.0. The number of carboxylic acid groups (broad SMARTS) is 1. The van der Waals surface area contributed by atoms with Gasteiger partial charge in [0, 0.05) is 6.04 Å². The van der Waals surface area contributed by atoms with E-state index in [0.717, 1.165) is 48.0 Å². The molecule has 0 radical (unpaired) electrons. The van der Waals surface area contributed by atoms with Crippen LogP contribution in [0, 0.1) is 5.92 Å². The molecule has 7 nitrogen and oxygen atoms in total. The summed E-state index contributed by atoms with van der Waals surface area (Å²) >= 11 is 0. The molecule has 2 aliphatic heterocycles. The summed E-state index contributed by atoms with van der Waals surface area (Å²) < 4.78 is 12.4. The molecule has 160 valence electrons. The minimum absolute atomic E-state index is 0.120. The SMILES string of the molecule is CC1(C)OB(c2ccc3nc([C@@H]4C[C@@H]5CCCC[C@@H]5N4C(=O)O)[nH]c3c2)OC1(C)C. The third-order valence-electron chi connectivity index (χ3n) is 7.67. The number of hydrogen-bond donors (Lipinski definition) is 2. The number of likely N-dealkylation sites (tertiary alicyclic amines) is 1. The summed E-state index contributed by atoms with van der Waals surface area (Å²) in [5, 5.41) is 9.90. The third-order valence-corrected chi connectivity index (χ3v) is 7.67. The van der Waals surface area contributed by atoms with Gasteiger partial charge in [-0.3, -0.25) is 4.90 Å². The van der Waals surface area contributed by atoms with Crippen molar-refractivity contribution in [2.24, 2.45) is 5.92 Å². The first kappa shape index (κ1) is 19.9. The van der Waals surface area contributed by atoms with E-state index in [2.05, 4.69) is 4.98 Å². The Hall–Kier alpha value is -2.06. The molecule has 8 heteroatoms. The van der Waals surface area contributed by atoms with Gasteiger partial charge < -0.3 is 19.4 Å². The number of aromatic nitrogens is 2. The predicted molar refractivity (Wildman–Crippen MR) is 115 cm³/mol. The minimum atomic E-state index is -0.840. The fraction of sp³-hybridized carbons (Fsp3) is 0.636. The zero-order chi connectivity index (χ0) is 21.3. The Morgan fingerprint density at radius 3 is 2.60 bits per heavy atom. The monoisotopic (exact) mass is 411 g/mol. The van der Waals surface area contributed by atoms with E-state index in [-0.39, 0.29) is 12.1 Å². The number of imidazole rings is 1. The highest BCUT2D eigenvalue weighted by Gasteiger charge is 2.52. The van der Waals surface area contributed by atoms with Gasteiger partial charge >= 0.3 is 13.2 Å². The molecule has 1 aromatic heterocycles. The van der Waals surface area contributed by atoms with Crippen LogP contribution in [0.3, 0.4) is 0 Å². The second kappa shape index (κ2) is 6.72. The number of benzene rings is 1. The number of amides is 1. The van der Waals surface area contributed by atoms with Crippen molar-refractivity contribution in [3.05, 3.63) is 24.0 Å². The molecule has 0 unspecified atom stereocenters. The second-order valence-electron chi connectivity index (χ2n) is 10.0. The molecule has 2 aromatic rings. The van der Waals surface area contributed by atoms with Crippen LogP contribution < -0.4 is 5.46 Å². The van der Waals surface area contributed by atoms with Gasteiger partial charge in [-0.15, -0.1) is 0 Å². The highest BCUT2D eigenvalue weighted by atomic mass is 16.7. The van der Waals surface area contributed by atoms with Crippen molar-refractivity contribution >= 4 is 29.7 Å². The van der Waals surface area contributed by atoms with Gasteiger partial charge in [-0.05, 0) is 70.5 Å². The summed E-state index contributed by atoms with van der Waals surface area (Å²) in [4.78, 5) is 21.9. The fourth-order valence-electron chi connectivity index (χ4n) is 5.31. The summed E-state index contributed by atoms with van der Waals surface area (Å²) in [5.41, 5.74) is 1.87. The Balaban J connectivity index is 1.45. The summed E-state index contributed by atoms with van der Waals surface area (Å²) in [5.74, 6) is 1.18. The van der Waals surface area contributed by atoms with E-state index in [1.807, 2.05) is 45.9 Å². The number of fused-ring (bicyclic) bond motifs is 2. The molecule has 2 saturated heterocycles. The van der Waals surface area contributed by atoms with Gasteiger partial charge in [-0.2, -0.15) is 0 Å². The van der Waals surface area contributed by atoms with Crippen molar-refractivity contribution in [1.29, 1.82) is 0 Å². The molecule has 3 heterocycles. The highest BCUT2D eigenvalue weighted by Crippen LogP contribution is 2.45. The van der Waals surface area contributed by atoms with Crippen LogP contribution in [0.15, 0.2) is 18.2 Å². The average Bonchev–Trinajstić information content (AvgIpc) is 3.32. The molecule has 2 N–H and O–H groups in total. The lowest BCUT2D eigenvalue weighted by molar-refractivity contribution is 0.00578. The maximum atomic E-state index is 12.1. The maximum Gasteiger partial charge on any atom is 0.494 e. The van der Waals surface area contributed by atoms with Gasteiger partial charge in [0.15, 0.2) is 0 Å². The number of rotatable bonds is 2. The first-order chi connectivity index (χ1) is 14.2. The topological polar surface area (TPSA) is 87.7 Å². The largest absolute Gasteiger partial charge is 0.494 e. The van der Waals surface area contributed by atoms with Gasteiger partial charge in [-0.1, -0.05) is 18.9 Å². The molecule has 1 aliphatic carbocycles. The van der Waals surface area contributed by atoms with Crippen molar-refractivity contribution in [3.8, 4) is 0 Å². The number of aromatic amines is 1. The number of nitrogens with zero attached hydrogens (tertiary/aromatic N) is 2. The minimum Gasteiger partial charge on any atom is -0.465 e. The lowest BCUT2D eigenvalue weighted by atomic mass is 9.79. The Labute approximate surface area is 177 Å². The van der Waals surface area contributed by atoms with E-state index in [9.17, 15) is 9.90 Å². The third kappa shape index (κ3) is 3.03. The fourth-order valence-corrected chi connectivity index (χ4v) is 5.31. The first-order valence-electron chi connectivity index (χ1n) is 11.0. The van der Waals surface area contributed by atoms with Gasteiger partial charge in [0.05, 0.1) is 28.3 Å². The van der Waals surface area contributed by atoms with Crippen LogP contribution in [0.5, 0.6) is 0 Å². The molecule has 1 amide bonds. The van der Waals surface area contributed by atoms with Crippen molar-refractivity contribution in [2.45, 2.75) is 83.1 Å². The molecule has 1 saturated carbocycles. The summed E-state index contributed by atoms with van der Waals surface area (Å²) in [6.07, 6.45) is 4.37. The zero-order valence-electron chi connectivity index (χ0n) is 18.1. The smallest absolute Gasteiger partial charge is 0.465 e. The predicted octanol–water partition coefficient (Wildman–Crippen LogP) is 3.85.